The third kappa shape index (κ3) is 4.45. The van der Waals surface area contributed by atoms with Crippen molar-refractivity contribution in [3.63, 3.8) is 0 Å². The zero-order valence-electron chi connectivity index (χ0n) is 9.59. The summed E-state index contributed by atoms with van der Waals surface area (Å²) >= 11 is 0. The van der Waals surface area contributed by atoms with E-state index in [0.29, 0.717) is 12.3 Å². The first kappa shape index (κ1) is 13.4. The number of halogens is 3. The van der Waals surface area contributed by atoms with E-state index in [1.165, 1.54) is 0 Å². The van der Waals surface area contributed by atoms with Crippen molar-refractivity contribution in [3.8, 4) is 0 Å². The average molecular weight is 236 g/mol. The number of likely N-dealkylation sites (tertiary alicyclic amines) is 1. The minimum absolute atomic E-state index is 0.269. The van der Waals surface area contributed by atoms with E-state index in [9.17, 15) is 17.7 Å². The molecule has 0 aromatic heterocycles. The Morgan fingerprint density at radius 2 is 2.06 bits per heavy atom. The molecule has 0 radical (unpaired) electrons. The predicted octanol–water partition coefficient (Wildman–Crippen LogP) is 2.80. The summed E-state index contributed by atoms with van der Waals surface area (Å²) in [5.74, 6) is 0.0810. The highest BCUT2D eigenvalue weighted by atomic mass is 19.4. The van der Waals surface area contributed by atoms with Crippen molar-refractivity contribution >= 4 is 12.9 Å². The summed E-state index contributed by atoms with van der Waals surface area (Å²) in [6.07, 6.45) is 2.74. The average Bonchev–Trinajstić information content (AvgIpc) is 2.31. The van der Waals surface area contributed by atoms with Crippen LogP contribution >= 0.6 is 0 Å². The van der Waals surface area contributed by atoms with Crippen LogP contribution in [0.4, 0.5) is 12.9 Å². The molecule has 0 aromatic carbocycles. The van der Waals surface area contributed by atoms with Crippen LogP contribution in [0.25, 0.3) is 0 Å². The molecule has 0 aromatic rings. The molecule has 0 spiro atoms. The van der Waals surface area contributed by atoms with Crippen LogP contribution in [0.5, 0.6) is 0 Å². The van der Waals surface area contributed by atoms with Crippen LogP contribution in [-0.4, -0.2) is 30.8 Å². The molecule has 16 heavy (non-hydrogen) atoms. The Labute approximate surface area is 94.2 Å². The van der Waals surface area contributed by atoms with Gasteiger partial charge in [-0.05, 0) is 25.2 Å². The summed E-state index contributed by atoms with van der Waals surface area (Å²) < 4.78 is 36.8. The lowest BCUT2D eigenvalue weighted by Gasteiger charge is -2.26. The molecule has 1 unspecified atom stereocenters. The molecule has 0 saturated carbocycles. The Kier molecular flexibility index (Phi) is 4.68. The SMILES string of the molecule is CCCC1CCC(=O)N(C[B-](F)(F)F)CC1. The molecule has 2 nitrogen and oxygen atoms in total. The predicted molar refractivity (Wildman–Crippen MR) is 57.9 cm³/mol. The molecule has 6 heteroatoms. The first-order valence-electron chi connectivity index (χ1n) is 5.91. The largest absolute Gasteiger partial charge is 0.497 e. The van der Waals surface area contributed by atoms with Crippen LogP contribution in [0.3, 0.4) is 0 Å². The molecule has 1 heterocycles. The first-order chi connectivity index (χ1) is 7.42. The Morgan fingerprint density at radius 3 is 2.62 bits per heavy atom. The summed E-state index contributed by atoms with van der Waals surface area (Å²) in [7, 11) is 0. The molecule has 1 aliphatic rings. The monoisotopic (exact) mass is 236 g/mol. The molecule has 1 aliphatic heterocycles. The summed E-state index contributed by atoms with van der Waals surface area (Å²) in [4.78, 5) is 12.5. The maximum atomic E-state index is 12.3. The van der Waals surface area contributed by atoms with E-state index in [0.717, 1.165) is 24.2 Å². The maximum absolute atomic E-state index is 12.3. The van der Waals surface area contributed by atoms with E-state index < -0.39 is 13.4 Å². The second-order valence-corrected chi connectivity index (χ2v) is 4.53. The molecule has 1 atom stereocenters. The molecule has 0 bridgehead atoms. The van der Waals surface area contributed by atoms with Crippen LogP contribution in [0.2, 0.25) is 0 Å². The van der Waals surface area contributed by atoms with Crippen LogP contribution in [-0.2, 0) is 4.79 Å². The lowest BCUT2D eigenvalue weighted by atomic mass is 9.91. The Bertz CT molecular complexity index is 245. The van der Waals surface area contributed by atoms with Gasteiger partial charge < -0.3 is 17.8 Å². The molecule has 1 rings (SSSR count). The second-order valence-electron chi connectivity index (χ2n) is 4.53. The van der Waals surface area contributed by atoms with Gasteiger partial charge in [0, 0.05) is 13.0 Å². The second kappa shape index (κ2) is 5.59. The fourth-order valence-electron chi connectivity index (χ4n) is 2.23. The van der Waals surface area contributed by atoms with Gasteiger partial charge in [0.15, 0.2) is 0 Å². The maximum Gasteiger partial charge on any atom is 0.497 e. The van der Waals surface area contributed by atoms with Crippen LogP contribution in [0.15, 0.2) is 0 Å². The van der Waals surface area contributed by atoms with Gasteiger partial charge in [0.2, 0.25) is 5.91 Å². The molecular formula is C10H18BF3NO-. The highest BCUT2D eigenvalue weighted by Gasteiger charge is 2.30. The van der Waals surface area contributed by atoms with Crippen LogP contribution < -0.4 is 0 Å². The van der Waals surface area contributed by atoms with Crippen molar-refractivity contribution in [1.82, 2.24) is 4.90 Å². The normalized spacial score (nSPS) is 23.4. The molecule has 1 fully saturated rings. The third-order valence-electron chi connectivity index (χ3n) is 3.05. The van der Waals surface area contributed by atoms with Crippen molar-refractivity contribution < 1.29 is 17.7 Å². The van der Waals surface area contributed by atoms with Crippen molar-refractivity contribution in [2.75, 3.05) is 13.0 Å². The van der Waals surface area contributed by atoms with E-state index in [1.54, 1.807) is 0 Å². The van der Waals surface area contributed by atoms with E-state index in [1.807, 2.05) is 0 Å². The van der Waals surface area contributed by atoms with Gasteiger partial charge in [-0.1, -0.05) is 19.8 Å². The summed E-state index contributed by atoms with van der Waals surface area (Å²) in [6, 6.07) is 0. The lowest BCUT2D eigenvalue weighted by Crippen LogP contribution is -2.41. The van der Waals surface area contributed by atoms with Crippen molar-refractivity contribution in [2.24, 2.45) is 5.92 Å². The van der Waals surface area contributed by atoms with E-state index in [2.05, 4.69) is 6.92 Å². The van der Waals surface area contributed by atoms with Gasteiger partial charge in [-0.15, -0.1) is 0 Å². The van der Waals surface area contributed by atoms with E-state index in [4.69, 9.17) is 0 Å². The smallest absolute Gasteiger partial charge is 0.448 e. The molecular weight excluding hydrogens is 218 g/mol. The molecule has 1 saturated heterocycles. The van der Waals surface area contributed by atoms with Crippen LogP contribution in [0, 0.1) is 5.92 Å². The fourth-order valence-corrected chi connectivity index (χ4v) is 2.23. The zero-order chi connectivity index (χ0) is 12.2. The highest BCUT2D eigenvalue weighted by Crippen LogP contribution is 2.24. The van der Waals surface area contributed by atoms with Crippen molar-refractivity contribution in [1.29, 1.82) is 0 Å². The van der Waals surface area contributed by atoms with E-state index in [-0.39, 0.29) is 18.9 Å². The number of hydrogen-bond acceptors (Lipinski definition) is 1. The zero-order valence-corrected chi connectivity index (χ0v) is 9.59. The molecule has 0 aliphatic carbocycles. The Balaban J connectivity index is 2.51. The topological polar surface area (TPSA) is 20.3 Å². The van der Waals surface area contributed by atoms with Gasteiger partial charge in [-0.25, -0.2) is 0 Å². The minimum Gasteiger partial charge on any atom is -0.448 e. The molecule has 94 valence electrons. The number of carbonyl (C=O) groups excluding carboxylic acids is 1. The summed E-state index contributed by atoms with van der Waals surface area (Å²) in [5.41, 5.74) is 0. The standard InChI is InChI=1S/C10H18BF3NO/c1-2-3-9-4-5-10(16)15(7-6-9)8-11(12,13)14/h9H,2-8H2,1H3/q-1. The van der Waals surface area contributed by atoms with Gasteiger partial charge in [-0.2, -0.15) is 0 Å². The number of amides is 1. The van der Waals surface area contributed by atoms with Crippen molar-refractivity contribution in [3.05, 3.63) is 0 Å². The lowest BCUT2D eigenvalue weighted by molar-refractivity contribution is -0.130. The summed E-state index contributed by atoms with van der Waals surface area (Å²) in [6.45, 7) is -2.57. The summed E-state index contributed by atoms with van der Waals surface area (Å²) in [5, 5.41) is 0. The number of nitrogens with zero attached hydrogens (tertiary/aromatic N) is 1. The van der Waals surface area contributed by atoms with Gasteiger partial charge in [-0.3, -0.25) is 4.79 Å². The third-order valence-corrected chi connectivity index (χ3v) is 3.05. The highest BCUT2D eigenvalue weighted by molar-refractivity contribution is 6.58. The number of rotatable bonds is 4. The number of hydrogen-bond donors (Lipinski definition) is 0. The van der Waals surface area contributed by atoms with Crippen LogP contribution in [0.1, 0.15) is 39.0 Å². The van der Waals surface area contributed by atoms with Gasteiger partial charge in [0.05, 0.1) is 0 Å². The van der Waals surface area contributed by atoms with Gasteiger partial charge in [0.1, 0.15) is 0 Å². The Morgan fingerprint density at radius 1 is 1.38 bits per heavy atom. The number of carbonyl (C=O) groups is 1. The molecule has 0 N–H and O–H groups in total. The van der Waals surface area contributed by atoms with Gasteiger partial charge in [0.25, 0.3) is 0 Å². The fraction of sp³-hybridized carbons (Fsp3) is 0.900. The Hall–Kier alpha value is -0.675. The molecule has 1 amide bonds. The van der Waals surface area contributed by atoms with Gasteiger partial charge >= 0.3 is 6.98 Å². The first-order valence-corrected chi connectivity index (χ1v) is 5.91. The van der Waals surface area contributed by atoms with E-state index >= 15 is 0 Å². The quantitative estimate of drug-likeness (QED) is 0.687. The van der Waals surface area contributed by atoms with Crippen molar-refractivity contribution in [2.45, 2.75) is 39.0 Å². The minimum atomic E-state index is -4.89.